The van der Waals surface area contributed by atoms with Crippen molar-refractivity contribution in [2.75, 3.05) is 26.6 Å². The summed E-state index contributed by atoms with van der Waals surface area (Å²) in [6.07, 6.45) is 1.75. The maximum absolute atomic E-state index is 11.9. The van der Waals surface area contributed by atoms with Gasteiger partial charge in [0.05, 0.1) is 32.4 Å². The van der Waals surface area contributed by atoms with Crippen molar-refractivity contribution >= 4 is 40.0 Å². The number of hydrogen-bond acceptors (Lipinski definition) is 9. The Morgan fingerprint density at radius 3 is 2.68 bits per heavy atom. The van der Waals surface area contributed by atoms with Gasteiger partial charge in [0.25, 0.3) is 0 Å². The minimum absolute atomic E-state index is 0.402. The fourth-order valence-electron chi connectivity index (χ4n) is 3.14. The number of hydrogen-bond donors (Lipinski definition) is 1. The second kappa shape index (κ2) is 8.97. The molecule has 1 unspecified atom stereocenters. The molecule has 2 heterocycles. The summed E-state index contributed by atoms with van der Waals surface area (Å²) in [4.78, 5) is 25.8. The summed E-state index contributed by atoms with van der Waals surface area (Å²) in [6.45, 7) is 0. The highest BCUT2D eigenvalue weighted by Gasteiger charge is 2.21. The number of fused-ring (bicyclic) bond motifs is 1. The van der Waals surface area contributed by atoms with Crippen LogP contribution in [0.5, 0.6) is 11.5 Å². The highest BCUT2D eigenvalue weighted by Crippen LogP contribution is 2.33. The molecule has 0 bridgehead atoms. The number of carbonyl (C=O) groups excluding carboxylic acids is 1. The van der Waals surface area contributed by atoms with E-state index in [1.54, 1.807) is 44.1 Å². The lowest BCUT2D eigenvalue weighted by Crippen LogP contribution is -2.16. The summed E-state index contributed by atoms with van der Waals surface area (Å²) in [7, 11) is 4.53. The van der Waals surface area contributed by atoms with Gasteiger partial charge in [-0.25, -0.2) is 14.8 Å². The number of esters is 1. The Morgan fingerprint density at radius 2 is 1.90 bits per heavy atom. The van der Waals surface area contributed by atoms with Gasteiger partial charge in [-0.2, -0.15) is 0 Å². The summed E-state index contributed by atoms with van der Waals surface area (Å²) in [6, 6.07) is 12.3. The predicted molar refractivity (Wildman–Crippen MR) is 120 cm³/mol. The quantitative estimate of drug-likeness (QED) is 0.601. The number of aromatic nitrogens is 1. The lowest BCUT2D eigenvalue weighted by Gasteiger charge is -2.14. The van der Waals surface area contributed by atoms with Gasteiger partial charge in [0.2, 0.25) is 0 Å². The molecule has 3 aromatic rings. The van der Waals surface area contributed by atoms with E-state index >= 15 is 0 Å². The maximum atomic E-state index is 11.9. The molecule has 1 atom stereocenters. The second-order valence-electron chi connectivity index (χ2n) is 6.52. The van der Waals surface area contributed by atoms with Crippen LogP contribution in [0.1, 0.15) is 27.7 Å². The molecular formula is C22H20N4O4S. The summed E-state index contributed by atoms with van der Waals surface area (Å²) in [5.74, 6) is 1.39. The van der Waals surface area contributed by atoms with E-state index in [1.807, 2.05) is 24.3 Å². The molecular weight excluding hydrogens is 416 g/mol. The van der Waals surface area contributed by atoms with Crippen LogP contribution < -0.4 is 14.8 Å². The SMILES string of the molecule is COC(=O)c1cccc(C2C=Nc3scnc3C(Nc3ccc(OC)c(OC)c3)=N2)c1. The molecule has 0 fully saturated rings. The number of thiazole rings is 1. The van der Waals surface area contributed by atoms with E-state index in [4.69, 9.17) is 19.2 Å². The molecule has 158 valence electrons. The third kappa shape index (κ3) is 4.26. The van der Waals surface area contributed by atoms with Crippen molar-refractivity contribution in [2.24, 2.45) is 9.98 Å². The van der Waals surface area contributed by atoms with Crippen LogP contribution in [0.15, 0.2) is 58.0 Å². The minimum atomic E-state index is -0.409. The third-order valence-corrected chi connectivity index (χ3v) is 5.40. The first-order valence-electron chi connectivity index (χ1n) is 9.36. The van der Waals surface area contributed by atoms with Crippen molar-refractivity contribution in [3.63, 3.8) is 0 Å². The summed E-state index contributed by atoms with van der Waals surface area (Å²) in [5.41, 5.74) is 4.41. The number of carbonyl (C=O) groups is 1. The average Bonchev–Trinajstić information content (AvgIpc) is 3.22. The van der Waals surface area contributed by atoms with Gasteiger partial charge >= 0.3 is 5.97 Å². The number of aliphatic imine (C=N–C) groups is 2. The normalized spacial score (nSPS) is 14.8. The molecule has 0 radical (unpaired) electrons. The molecule has 0 saturated carbocycles. The summed E-state index contributed by atoms with van der Waals surface area (Å²) >= 11 is 1.43. The zero-order chi connectivity index (χ0) is 21.8. The van der Waals surface area contributed by atoms with E-state index in [1.165, 1.54) is 18.4 Å². The van der Waals surface area contributed by atoms with Gasteiger partial charge < -0.3 is 19.5 Å². The van der Waals surface area contributed by atoms with Crippen LogP contribution in [-0.4, -0.2) is 44.3 Å². The van der Waals surface area contributed by atoms with Crippen molar-refractivity contribution in [3.05, 3.63) is 64.8 Å². The fourth-order valence-corrected chi connectivity index (χ4v) is 3.78. The molecule has 0 spiro atoms. The number of anilines is 1. The monoisotopic (exact) mass is 436 g/mol. The summed E-state index contributed by atoms with van der Waals surface area (Å²) in [5, 5.41) is 4.07. The second-order valence-corrected chi connectivity index (χ2v) is 7.35. The molecule has 1 N–H and O–H groups in total. The number of methoxy groups -OCH3 is 3. The first kappa shape index (κ1) is 20.5. The molecule has 4 rings (SSSR count). The van der Waals surface area contributed by atoms with E-state index in [9.17, 15) is 4.79 Å². The highest BCUT2D eigenvalue weighted by atomic mass is 32.1. The van der Waals surface area contributed by atoms with Crippen LogP contribution in [0.2, 0.25) is 0 Å². The number of benzene rings is 2. The minimum Gasteiger partial charge on any atom is -0.493 e. The maximum Gasteiger partial charge on any atom is 0.337 e. The van der Waals surface area contributed by atoms with Crippen LogP contribution in [0.4, 0.5) is 10.7 Å². The molecule has 1 aromatic heterocycles. The van der Waals surface area contributed by atoms with Gasteiger partial charge in [0, 0.05) is 18.0 Å². The Bertz CT molecular complexity index is 1170. The third-order valence-electron chi connectivity index (χ3n) is 4.67. The van der Waals surface area contributed by atoms with Gasteiger partial charge in [0.15, 0.2) is 17.3 Å². The van der Waals surface area contributed by atoms with Crippen molar-refractivity contribution in [1.29, 1.82) is 0 Å². The number of ether oxygens (including phenoxy) is 3. The number of amidine groups is 1. The Morgan fingerprint density at radius 1 is 1.06 bits per heavy atom. The molecule has 1 aliphatic rings. The van der Waals surface area contributed by atoms with Gasteiger partial charge in [-0.1, -0.05) is 12.1 Å². The molecule has 9 heteroatoms. The van der Waals surface area contributed by atoms with E-state index in [0.29, 0.717) is 28.6 Å². The van der Waals surface area contributed by atoms with Crippen molar-refractivity contribution in [1.82, 2.24) is 4.98 Å². The Hall–Kier alpha value is -3.72. The number of nitrogens with one attached hydrogen (secondary N) is 1. The van der Waals surface area contributed by atoms with E-state index in [0.717, 1.165) is 16.3 Å². The van der Waals surface area contributed by atoms with Crippen LogP contribution in [0, 0.1) is 0 Å². The first-order valence-corrected chi connectivity index (χ1v) is 10.2. The van der Waals surface area contributed by atoms with Crippen molar-refractivity contribution < 1.29 is 19.0 Å². The number of rotatable bonds is 5. The predicted octanol–water partition coefficient (Wildman–Crippen LogP) is 4.26. The van der Waals surface area contributed by atoms with Crippen molar-refractivity contribution in [3.8, 4) is 11.5 Å². The van der Waals surface area contributed by atoms with E-state index < -0.39 is 12.0 Å². The molecule has 0 amide bonds. The smallest absolute Gasteiger partial charge is 0.337 e. The first-order chi connectivity index (χ1) is 15.1. The van der Waals surface area contributed by atoms with Gasteiger partial charge in [-0.05, 0) is 29.8 Å². The zero-order valence-electron chi connectivity index (χ0n) is 17.2. The molecule has 8 nitrogen and oxygen atoms in total. The standard InChI is InChI=1S/C22H20N4O4S/c1-28-17-8-7-15(10-18(17)29-2)25-20-19-21(31-12-24-19)23-11-16(26-20)13-5-4-6-14(9-13)22(27)30-3/h4-12,16H,1-3H3,(H,25,26). The Kier molecular flexibility index (Phi) is 5.94. The fraction of sp³-hybridized carbons (Fsp3) is 0.182. The molecule has 31 heavy (non-hydrogen) atoms. The van der Waals surface area contributed by atoms with Gasteiger partial charge in [0.1, 0.15) is 16.7 Å². The summed E-state index contributed by atoms with van der Waals surface area (Å²) < 4.78 is 15.5. The van der Waals surface area contributed by atoms with Gasteiger partial charge in [-0.15, -0.1) is 11.3 Å². The van der Waals surface area contributed by atoms with Crippen molar-refractivity contribution in [2.45, 2.75) is 6.04 Å². The Balaban J connectivity index is 1.72. The molecule has 0 aliphatic carbocycles. The highest BCUT2D eigenvalue weighted by molar-refractivity contribution is 7.14. The molecule has 0 saturated heterocycles. The van der Waals surface area contributed by atoms with Gasteiger partial charge in [-0.3, -0.25) is 4.99 Å². The van der Waals surface area contributed by atoms with E-state index in [-0.39, 0.29) is 0 Å². The Labute approximate surface area is 183 Å². The van der Waals surface area contributed by atoms with Crippen LogP contribution in [-0.2, 0) is 4.74 Å². The lowest BCUT2D eigenvalue weighted by molar-refractivity contribution is 0.0600. The average molecular weight is 436 g/mol. The molecule has 1 aliphatic heterocycles. The molecule has 2 aromatic carbocycles. The van der Waals surface area contributed by atoms with Crippen LogP contribution in [0.25, 0.3) is 0 Å². The largest absolute Gasteiger partial charge is 0.493 e. The zero-order valence-corrected chi connectivity index (χ0v) is 18.0. The van der Waals surface area contributed by atoms with Crippen LogP contribution in [0.3, 0.4) is 0 Å². The lowest BCUT2D eigenvalue weighted by atomic mass is 10.1. The van der Waals surface area contributed by atoms with E-state index in [2.05, 4.69) is 15.3 Å². The van der Waals surface area contributed by atoms with Crippen LogP contribution >= 0.6 is 11.3 Å². The number of nitrogens with zero attached hydrogens (tertiary/aromatic N) is 3. The topological polar surface area (TPSA) is 94.4 Å².